The second kappa shape index (κ2) is 6.17. The molecule has 0 atom stereocenters. The summed E-state index contributed by atoms with van der Waals surface area (Å²) in [4.78, 5) is 19.4. The Hall–Kier alpha value is -2.52. The average molecular weight is 348 g/mol. The SMILES string of the molecule is COc1ccc(S(=O)(=O)N2CCc3cnc(C(N)=O)nc3C2)cc1. The summed E-state index contributed by atoms with van der Waals surface area (Å²) in [5.74, 6) is -0.276. The Labute approximate surface area is 139 Å². The summed E-state index contributed by atoms with van der Waals surface area (Å²) < 4.78 is 31.9. The van der Waals surface area contributed by atoms with E-state index in [1.54, 1.807) is 12.1 Å². The van der Waals surface area contributed by atoms with E-state index in [1.165, 1.54) is 29.7 Å². The normalized spacial score (nSPS) is 14.9. The van der Waals surface area contributed by atoms with Crippen molar-refractivity contribution in [1.82, 2.24) is 14.3 Å². The number of carbonyl (C=O) groups excluding carboxylic acids is 1. The molecule has 2 N–H and O–H groups in total. The van der Waals surface area contributed by atoms with Gasteiger partial charge in [0, 0.05) is 12.7 Å². The van der Waals surface area contributed by atoms with E-state index < -0.39 is 15.9 Å². The highest BCUT2D eigenvalue weighted by atomic mass is 32.2. The van der Waals surface area contributed by atoms with E-state index in [2.05, 4.69) is 9.97 Å². The molecule has 0 aliphatic carbocycles. The van der Waals surface area contributed by atoms with Crippen molar-refractivity contribution >= 4 is 15.9 Å². The number of hydrogen-bond donors (Lipinski definition) is 1. The number of ether oxygens (including phenoxy) is 1. The van der Waals surface area contributed by atoms with Crippen molar-refractivity contribution in [3.05, 3.63) is 47.5 Å². The number of hydrogen-bond acceptors (Lipinski definition) is 6. The van der Waals surface area contributed by atoms with Gasteiger partial charge in [0.1, 0.15) is 5.75 Å². The first kappa shape index (κ1) is 16.3. The largest absolute Gasteiger partial charge is 0.497 e. The van der Waals surface area contributed by atoms with Gasteiger partial charge in [-0.3, -0.25) is 4.79 Å². The molecule has 0 fully saturated rings. The Kier molecular flexibility index (Phi) is 4.20. The van der Waals surface area contributed by atoms with Crippen LogP contribution in [-0.2, 0) is 23.0 Å². The second-order valence-electron chi connectivity index (χ2n) is 5.29. The number of sulfonamides is 1. The molecule has 1 aliphatic heterocycles. The van der Waals surface area contributed by atoms with Crippen molar-refractivity contribution in [1.29, 1.82) is 0 Å². The molecular formula is C15H16N4O4S. The minimum absolute atomic E-state index is 0.0759. The third kappa shape index (κ3) is 2.95. The summed E-state index contributed by atoms with van der Waals surface area (Å²) in [6.07, 6.45) is 2.00. The lowest BCUT2D eigenvalue weighted by Gasteiger charge is -2.27. The Balaban J connectivity index is 1.90. The number of methoxy groups -OCH3 is 1. The van der Waals surface area contributed by atoms with Gasteiger partial charge in [-0.25, -0.2) is 18.4 Å². The lowest BCUT2D eigenvalue weighted by Crippen LogP contribution is -2.37. The number of primary amides is 1. The molecule has 0 spiro atoms. The fourth-order valence-electron chi connectivity index (χ4n) is 2.50. The molecule has 24 heavy (non-hydrogen) atoms. The summed E-state index contributed by atoms with van der Waals surface area (Å²) in [5.41, 5.74) is 6.50. The Bertz CT molecular complexity index is 881. The molecule has 1 aromatic heterocycles. The molecule has 2 aromatic rings. The molecule has 0 radical (unpaired) electrons. The van der Waals surface area contributed by atoms with Crippen LogP contribution in [0.1, 0.15) is 21.9 Å². The van der Waals surface area contributed by atoms with E-state index in [4.69, 9.17) is 10.5 Å². The zero-order chi connectivity index (χ0) is 17.3. The summed E-state index contributed by atoms with van der Waals surface area (Å²) in [7, 11) is -2.15. The molecule has 8 nitrogen and oxygen atoms in total. The predicted octanol–water partition coefficient (Wildman–Crippen LogP) is 0.331. The minimum atomic E-state index is -3.66. The number of rotatable bonds is 4. The molecule has 9 heteroatoms. The van der Waals surface area contributed by atoms with Crippen LogP contribution in [0.2, 0.25) is 0 Å². The van der Waals surface area contributed by atoms with Crippen LogP contribution in [0.5, 0.6) is 5.75 Å². The van der Waals surface area contributed by atoms with Crippen molar-refractivity contribution in [2.75, 3.05) is 13.7 Å². The molecule has 126 valence electrons. The van der Waals surface area contributed by atoms with Crippen LogP contribution in [0.4, 0.5) is 0 Å². The van der Waals surface area contributed by atoms with E-state index in [9.17, 15) is 13.2 Å². The zero-order valence-corrected chi connectivity index (χ0v) is 13.8. The molecule has 0 saturated heterocycles. The minimum Gasteiger partial charge on any atom is -0.497 e. The fourth-order valence-corrected chi connectivity index (χ4v) is 3.90. The van der Waals surface area contributed by atoms with Gasteiger partial charge in [0.25, 0.3) is 5.91 Å². The van der Waals surface area contributed by atoms with E-state index in [0.29, 0.717) is 24.4 Å². The monoisotopic (exact) mass is 348 g/mol. The van der Waals surface area contributed by atoms with Gasteiger partial charge in [-0.2, -0.15) is 4.31 Å². The smallest absolute Gasteiger partial charge is 0.286 e. The highest BCUT2D eigenvalue weighted by molar-refractivity contribution is 7.89. The van der Waals surface area contributed by atoms with Crippen molar-refractivity contribution in [3.63, 3.8) is 0 Å². The molecule has 0 unspecified atom stereocenters. The quantitative estimate of drug-likeness (QED) is 0.851. The Morgan fingerprint density at radius 2 is 2.00 bits per heavy atom. The van der Waals surface area contributed by atoms with Gasteiger partial charge in [-0.1, -0.05) is 0 Å². The first-order valence-corrected chi connectivity index (χ1v) is 8.64. The number of aromatic nitrogens is 2. The second-order valence-corrected chi connectivity index (χ2v) is 7.23. The topological polar surface area (TPSA) is 115 Å². The fraction of sp³-hybridized carbons (Fsp3) is 0.267. The lowest BCUT2D eigenvalue weighted by molar-refractivity contribution is 0.0990. The first-order valence-electron chi connectivity index (χ1n) is 7.20. The number of amides is 1. The van der Waals surface area contributed by atoms with Gasteiger partial charge in [0.15, 0.2) is 0 Å². The molecular weight excluding hydrogens is 332 g/mol. The van der Waals surface area contributed by atoms with Crippen LogP contribution in [0.15, 0.2) is 35.4 Å². The maximum atomic E-state index is 12.8. The van der Waals surface area contributed by atoms with Crippen molar-refractivity contribution in [2.24, 2.45) is 5.73 Å². The number of benzene rings is 1. The van der Waals surface area contributed by atoms with Crippen molar-refractivity contribution in [3.8, 4) is 5.75 Å². The summed E-state index contributed by atoms with van der Waals surface area (Å²) in [5, 5.41) is 0. The Morgan fingerprint density at radius 1 is 1.29 bits per heavy atom. The van der Waals surface area contributed by atoms with Crippen LogP contribution in [0.3, 0.4) is 0 Å². The number of nitrogens with two attached hydrogens (primary N) is 1. The highest BCUT2D eigenvalue weighted by Crippen LogP contribution is 2.25. The average Bonchev–Trinajstić information content (AvgIpc) is 2.60. The molecule has 0 saturated carbocycles. The molecule has 1 aromatic carbocycles. The van der Waals surface area contributed by atoms with E-state index >= 15 is 0 Å². The third-order valence-corrected chi connectivity index (χ3v) is 5.69. The third-order valence-electron chi connectivity index (χ3n) is 3.83. The molecule has 1 amide bonds. The van der Waals surface area contributed by atoms with Crippen LogP contribution < -0.4 is 10.5 Å². The van der Waals surface area contributed by atoms with Gasteiger partial charge < -0.3 is 10.5 Å². The van der Waals surface area contributed by atoms with Crippen LogP contribution in [0.25, 0.3) is 0 Å². The van der Waals surface area contributed by atoms with E-state index in [0.717, 1.165) is 5.56 Å². The summed E-state index contributed by atoms with van der Waals surface area (Å²) in [6, 6.07) is 6.19. The summed E-state index contributed by atoms with van der Waals surface area (Å²) in [6.45, 7) is 0.396. The predicted molar refractivity (Wildman–Crippen MR) is 84.8 cm³/mol. The van der Waals surface area contributed by atoms with Crippen LogP contribution in [-0.4, -0.2) is 42.3 Å². The van der Waals surface area contributed by atoms with Crippen molar-refractivity contribution in [2.45, 2.75) is 17.9 Å². The maximum absolute atomic E-state index is 12.8. The molecule has 3 rings (SSSR count). The lowest BCUT2D eigenvalue weighted by atomic mass is 10.1. The zero-order valence-electron chi connectivity index (χ0n) is 13.0. The molecule has 1 aliphatic rings. The van der Waals surface area contributed by atoms with Crippen LogP contribution >= 0.6 is 0 Å². The van der Waals surface area contributed by atoms with Gasteiger partial charge in [0.05, 0.1) is 24.2 Å². The number of fused-ring (bicyclic) bond motifs is 1. The van der Waals surface area contributed by atoms with E-state index in [1.807, 2.05) is 0 Å². The first-order chi connectivity index (χ1) is 11.4. The number of nitrogens with zero attached hydrogens (tertiary/aromatic N) is 3. The Morgan fingerprint density at radius 3 is 2.62 bits per heavy atom. The van der Waals surface area contributed by atoms with Gasteiger partial charge >= 0.3 is 0 Å². The van der Waals surface area contributed by atoms with Gasteiger partial charge in [-0.05, 0) is 36.2 Å². The summed E-state index contributed by atoms with van der Waals surface area (Å²) >= 11 is 0. The van der Waals surface area contributed by atoms with Crippen molar-refractivity contribution < 1.29 is 17.9 Å². The van der Waals surface area contributed by atoms with Gasteiger partial charge in [-0.15, -0.1) is 0 Å². The standard InChI is InChI=1S/C15H16N4O4S/c1-23-11-2-4-12(5-3-11)24(21,22)19-7-6-10-8-17-15(14(16)20)18-13(10)9-19/h2-5,8H,6-7,9H2,1H3,(H2,16,20). The van der Waals surface area contributed by atoms with E-state index in [-0.39, 0.29) is 17.3 Å². The number of carbonyl (C=O) groups is 1. The molecule has 0 bridgehead atoms. The highest BCUT2D eigenvalue weighted by Gasteiger charge is 2.29. The molecule has 2 heterocycles. The van der Waals surface area contributed by atoms with Crippen LogP contribution in [0, 0.1) is 0 Å². The van der Waals surface area contributed by atoms with Gasteiger partial charge in [0.2, 0.25) is 15.8 Å². The maximum Gasteiger partial charge on any atom is 0.286 e.